The average molecular weight is 307 g/mol. The standard InChI is InChI=1S/C12H15F2NO4S/c1-8(12(16)15-5-6-19-2)20(17,18)11-4-3-9(13)7-10(11)14/h3-4,7-8H,5-6H2,1-2H3,(H,15,16)/t8-/m0/s1. The van der Waals surface area contributed by atoms with Crippen LogP contribution in [0.15, 0.2) is 23.1 Å². The largest absolute Gasteiger partial charge is 0.383 e. The Morgan fingerprint density at radius 3 is 2.60 bits per heavy atom. The topological polar surface area (TPSA) is 72.5 Å². The Hall–Kier alpha value is -1.54. The maximum absolute atomic E-state index is 13.5. The second-order valence-corrected chi connectivity index (χ2v) is 6.28. The molecule has 0 spiro atoms. The van der Waals surface area contributed by atoms with Crippen molar-refractivity contribution in [1.29, 1.82) is 0 Å². The van der Waals surface area contributed by atoms with E-state index in [1.54, 1.807) is 0 Å². The molecule has 0 aliphatic heterocycles. The molecule has 1 aromatic rings. The van der Waals surface area contributed by atoms with E-state index in [4.69, 9.17) is 4.74 Å². The van der Waals surface area contributed by atoms with Crippen molar-refractivity contribution < 1.29 is 26.7 Å². The highest BCUT2D eigenvalue weighted by atomic mass is 32.2. The van der Waals surface area contributed by atoms with Gasteiger partial charge in [-0.1, -0.05) is 0 Å². The van der Waals surface area contributed by atoms with Gasteiger partial charge in [0.1, 0.15) is 21.8 Å². The molecule has 0 saturated carbocycles. The zero-order chi connectivity index (χ0) is 15.3. The van der Waals surface area contributed by atoms with E-state index >= 15 is 0 Å². The summed E-state index contributed by atoms with van der Waals surface area (Å²) in [6.45, 7) is 1.50. The van der Waals surface area contributed by atoms with E-state index in [0.29, 0.717) is 6.07 Å². The molecule has 0 aromatic heterocycles. The van der Waals surface area contributed by atoms with E-state index in [2.05, 4.69) is 5.32 Å². The number of rotatable bonds is 6. The zero-order valence-electron chi connectivity index (χ0n) is 11.0. The molecule has 20 heavy (non-hydrogen) atoms. The molecule has 112 valence electrons. The van der Waals surface area contributed by atoms with Gasteiger partial charge in [-0.3, -0.25) is 4.79 Å². The van der Waals surface area contributed by atoms with Crippen LogP contribution in [0.2, 0.25) is 0 Å². The van der Waals surface area contributed by atoms with Crippen LogP contribution in [0, 0.1) is 11.6 Å². The summed E-state index contributed by atoms with van der Waals surface area (Å²) >= 11 is 0. The average Bonchev–Trinajstić information content (AvgIpc) is 2.37. The Morgan fingerprint density at radius 2 is 2.05 bits per heavy atom. The van der Waals surface area contributed by atoms with Crippen LogP contribution in [0.5, 0.6) is 0 Å². The van der Waals surface area contributed by atoms with Crippen LogP contribution < -0.4 is 5.32 Å². The van der Waals surface area contributed by atoms with Gasteiger partial charge >= 0.3 is 0 Å². The SMILES string of the molecule is COCCNC(=O)[C@H](C)S(=O)(=O)c1ccc(F)cc1F. The van der Waals surface area contributed by atoms with Gasteiger partial charge in [0.05, 0.1) is 6.61 Å². The molecule has 0 heterocycles. The Balaban J connectivity index is 2.95. The second kappa shape index (κ2) is 6.76. The third-order valence-corrected chi connectivity index (χ3v) is 4.73. The molecular formula is C12H15F2NO4S. The summed E-state index contributed by atoms with van der Waals surface area (Å²) in [5, 5.41) is 0.864. The van der Waals surface area contributed by atoms with Crippen LogP contribution in [0.1, 0.15) is 6.92 Å². The Bertz CT molecular complexity index is 589. The molecule has 1 atom stereocenters. The van der Waals surface area contributed by atoms with Crippen molar-refractivity contribution in [3.8, 4) is 0 Å². The van der Waals surface area contributed by atoms with Gasteiger partial charge in [0.2, 0.25) is 5.91 Å². The van der Waals surface area contributed by atoms with Gasteiger partial charge in [-0.2, -0.15) is 0 Å². The maximum atomic E-state index is 13.5. The van der Waals surface area contributed by atoms with Gasteiger partial charge < -0.3 is 10.1 Å². The highest BCUT2D eigenvalue weighted by Gasteiger charge is 2.31. The van der Waals surface area contributed by atoms with Gasteiger partial charge in [0.15, 0.2) is 9.84 Å². The third kappa shape index (κ3) is 3.73. The Labute approximate surface area is 115 Å². The first-order chi connectivity index (χ1) is 9.30. The molecule has 0 bridgehead atoms. The predicted molar refractivity (Wildman–Crippen MR) is 67.9 cm³/mol. The van der Waals surface area contributed by atoms with E-state index in [9.17, 15) is 22.0 Å². The number of hydrogen-bond acceptors (Lipinski definition) is 4. The van der Waals surface area contributed by atoms with Crippen LogP contribution in [0.3, 0.4) is 0 Å². The number of carbonyl (C=O) groups is 1. The summed E-state index contributed by atoms with van der Waals surface area (Å²) in [5.74, 6) is -2.88. The highest BCUT2D eigenvalue weighted by Crippen LogP contribution is 2.20. The van der Waals surface area contributed by atoms with E-state index < -0.39 is 37.5 Å². The summed E-state index contributed by atoms with van der Waals surface area (Å²) in [7, 11) is -2.79. The predicted octanol–water partition coefficient (Wildman–Crippen LogP) is 0.890. The van der Waals surface area contributed by atoms with Gasteiger partial charge in [0.25, 0.3) is 0 Å². The van der Waals surface area contributed by atoms with Crippen molar-refractivity contribution in [2.45, 2.75) is 17.1 Å². The van der Waals surface area contributed by atoms with E-state index in [-0.39, 0.29) is 13.2 Å². The number of benzene rings is 1. The minimum atomic E-state index is -4.22. The number of halogens is 2. The van der Waals surface area contributed by atoms with Crippen molar-refractivity contribution in [2.75, 3.05) is 20.3 Å². The molecule has 1 rings (SSSR count). The quantitative estimate of drug-likeness (QED) is 0.626. The van der Waals surface area contributed by atoms with Crippen molar-refractivity contribution in [2.24, 2.45) is 0 Å². The minimum Gasteiger partial charge on any atom is -0.383 e. The normalized spacial score (nSPS) is 13.0. The Kier molecular flexibility index (Phi) is 5.58. The monoisotopic (exact) mass is 307 g/mol. The van der Waals surface area contributed by atoms with Crippen molar-refractivity contribution in [1.82, 2.24) is 5.32 Å². The van der Waals surface area contributed by atoms with Gasteiger partial charge in [0, 0.05) is 19.7 Å². The molecule has 0 aliphatic carbocycles. The molecule has 0 aliphatic rings. The van der Waals surface area contributed by atoms with Gasteiger partial charge in [-0.05, 0) is 19.1 Å². The van der Waals surface area contributed by atoms with E-state index in [1.165, 1.54) is 7.11 Å². The second-order valence-electron chi connectivity index (χ2n) is 4.05. The molecule has 0 fully saturated rings. The van der Waals surface area contributed by atoms with Crippen molar-refractivity contribution in [3.05, 3.63) is 29.8 Å². The van der Waals surface area contributed by atoms with Crippen molar-refractivity contribution >= 4 is 15.7 Å². The molecule has 0 radical (unpaired) electrons. The fourth-order valence-corrected chi connectivity index (χ4v) is 2.79. The van der Waals surface area contributed by atoms with E-state index in [1.807, 2.05) is 0 Å². The molecule has 8 heteroatoms. The van der Waals surface area contributed by atoms with Gasteiger partial charge in [-0.15, -0.1) is 0 Å². The summed E-state index contributed by atoms with van der Waals surface area (Å²) in [5.41, 5.74) is 0. The number of methoxy groups -OCH3 is 1. The number of ether oxygens (including phenoxy) is 1. The third-order valence-electron chi connectivity index (χ3n) is 2.64. The molecule has 0 unspecified atom stereocenters. The van der Waals surface area contributed by atoms with Crippen LogP contribution in [0.4, 0.5) is 8.78 Å². The summed E-state index contributed by atoms with van der Waals surface area (Å²) < 4.78 is 55.2. The van der Waals surface area contributed by atoms with Crippen LogP contribution in [-0.2, 0) is 19.4 Å². The number of nitrogens with one attached hydrogen (secondary N) is 1. The summed E-state index contributed by atoms with van der Waals surface area (Å²) in [6.07, 6.45) is 0. The Morgan fingerprint density at radius 1 is 1.40 bits per heavy atom. The lowest BCUT2D eigenvalue weighted by atomic mass is 10.3. The molecular weight excluding hydrogens is 292 g/mol. The molecule has 1 amide bonds. The first kappa shape index (κ1) is 16.5. The first-order valence-electron chi connectivity index (χ1n) is 5.76. The summed E-state index contributed by atoms with van der Waals surface area (Å²) in [6, 6.07) is 2.09. The van der Waals surface area contributed by atoms with Crippen LogP contribution >= 0.6 is 0 Å². The lowest BCUT2D eigenvalue weighted by molar-refractivity contribution is -0.120. The molecule has 0 saturated heterocycles. The lowest BCUT2D eigenvalue weighted by Crippen LogP contribution is -2.39. The van der Waals surface area contributed by atoms with Crippen LogP contribution in [0.25, 0.3) is 0 Å². The number of carbonyl (C=O) groups excluding carboxylic acids is 1. The zero-order valence-corrected chi connectivity index (χ0v) is 11.8. The number of amides is 1. The lowest BCUT2D eigenvalue weighted by Gasteiger charge is -2.13. The summed E-state index contributed by atoms with van der Waals surface area (Å²) in [4.78, 5) is 11.0. The first-order valence-corrected chi connectivity index (χ1v) is 7.31. The fraction of sp³-hybridized carbons (Fsp3) is 0.417. The molecule has 5 nitrogen and oxygen atoms in total. The fourth-order valence-electron chi connectivity index (χ4n) is 1.46. The molecule has 1 aromatic carbocycles. The van der Waals surface area contributed by atoms with Crippen LogP contribution in [-0.4, -0.2) is 39.8 Å². The van der Waals surface area contributed by atoms with E-state index in [0.717, 1.165) is 19.1 Å². The molecule has 1 N–H and O–H groups in total. The highest BCUT2D eigenvalue weighted by molar-refractivity contribution is 7.92. The number of sulfone groups is 1. The van der Waals surface area contributed by atoms with Crippen molar-refractivity contribution in [3.63, 3.8) is 0 Å². The number of hydrogen-bond donors (Lipinski definition) is 1. The van der Waals surface area contributed by atoms with Gasteiger partial charge in [-0.25, -0.2) is 17.2 Å². The maximum Gasteiger partial charge on any atom is 0.238 e. The minimum absolute atomic E-state index is 0.140. The smallest absolute Gasteiger partial charge is 0.238 e.